The fourth-order valence-electron chi connectivity index (χ4n) is 2.17. The fraction of sp³-hybridized carbons (Fsp3) is 0.438. The first-order valence-electron chi connectivity index (χ1n) is 8.17. The monoisotopic (exact) mass is 425 g/mol. The van der Waals surface area contributed by atoms with Crippen LogP contribution in [-0.4, -0.2) is 53.3 Å². The number of carboxylic acid groups (broad SMARTS) is 1. The topological polar surface area (TPSA) is 122 Å². The summed E-state index contributed by atoms with van der Waals surface area (Å²) >= 11 is 0. The Labute approximate surface area is 162 Å². The minimum Gasteiger partial charge on any atom is -0.481 e. The lowest BCUT2D eigenvalue weighted by Gasteiger charge is -2.33. The molecule has 0 aromatic heterocycles. The van der Waals surface area contributed by atoms with Gasteiger partial charge in [0.1, 0.15) is 5.75 Å². The SMILES string of the molecule is CC(=O)O.N=C(NC(=N)N1CCC(F)(F)CC1)Nc1ccc(OC(F)(F)F)cc1. The van der Waals surface area contributed by atoms with E-state index >= 15 is 0 Å². The maximum atomic E-state index is 13.1. The van der Waals surface area contributed by atoms with Crippen molar-refractivity contribution in [3.63, 3.8) is 0 Å². The van der Waals surface area contributed by atoms with Gasteiger partial charge in [0, 0.05) is 38.5 Å². The van der Waals surface area contributed by atoms with Gasteiger partial charge in [-0.15, -0.1) is 13.2 Å². The van der Waals surface area contributed by atoms with E-state index in [0.29, 0.717) is 5.69 Å². The molecule has 0 spiro atoms. The van der Waals surface area contributed by atoms with Crippen LogP contribution in [0.3, 0.4) is 0 Å². The first-order chi connectivity index (χ1) is 13.3. The van der Waals surface area contributed by atoms with Gasteiger partial charge in [0.05, 0.1) is 0 Å². The fourth-order valence-corrected chi connectivity index (χ4v) is 2.17. The first kappa shape index (κ1) is 23.9. The van der Waals surface area contributed by atoms with Gasteiger partial charge in [-0.3, -0.25) is 20.9 Å². The van der Waals surface area contributed by atoms with Crippen LogP contribution >= 0.6 is 0 Å². The lowest BCUT2D eigenvalue weighted by atomic mass is 10.1. The van der Waals surface area contributed by atoms with Gasteiger partial charge in [0.2, 0.25) is 0 Å². The molecule has 1 fully saturated rings. The minimum absolute atomic E-state index is 0.00437. The molecule has 5 N–H and O–H groups in total. The molecular weight excluding hydrogens is 405 g/mol. The number of anilines is 1. The highest BCUT2D eigenvalue weighted by molar-refractivity contribution is 6.02. The smallest absolute Gasteiger partial charge is 0.481 e. The van der Waals surface area contributed by atoms with E-state index in [4.69, 9.17) is 20.7 Å². The predicted molar refractivity (Wildman–Crippen MR) is 94.4 cm³/mol. The minimum atomic E-state index is -4.79. The largest absolute Gasteiger partial charge is 0.573 e. The molecule has 0 aliphatic carbocycles. The van der Waals surface area contributed by atoms with E-state index < -0.39 is 24.0 Å². The number of rotatable bonds is 2. The van der Waals surface area contributed by atoms with E-state index in [1.165, 1.54) is 17.0 Å². The number of carbonyl (C=O) groups is 1. The quantitative estimate of drug-likeness (QED) is 0.282. The summed E-state index contributed by atoms with van der Waals surface area (Å²) in [6.45, 7) is 1.07. The molecule has 2 rings (SSSR count). The lowest BCUT2D eigenvalue weighted by Crippen LogP contribution is -2.50. The number of aliphatic carboxylic acids is 1. The highest BCUT2D eigenvalue weighted by Gasteiger charge is 2.35. The van der Waals surface area contributed by atoms with Gasteiger partial charge in [-0.1, -0.05) is 0 Å². The number of hydrogen-bond acceptors (Lipinski definition) is 4. The zero-order valence-corrected chi connectivity index (χ0v) is 15.2. The van der Waals surface area contributed by atoms with Crippen LogP contribution in [0.4, 0.5) is 27.6 Å². The molecule has 13 heteroatoms. The van der Waals surface area contributed by atoms with Crippen LogP contribution in [0.15, 0.2) is 24.3 Å². The van der Waals surface area contributed by atoms with E-state index in [9.17, 15) is 22.0 Å². The maximum absolute atomic E-state index is 13.1. The zero-order chi connectivity index (χ0) is 22.2. The molecule has 1 heterocycles. The Morgan fingerprint density at radius 2 is 1.66 bits per heavy atom. The number of nitrogens with one attached hydrogen (secondary N) is 4. The summed E-state index contributed by atoms with van der Waals surface area (Å²) in [5.41, 5.74) is 0.296. The standard InChI is InChI=1S/C14H16F5N5O.C2H4O2/c15-13(16)5-7-24(8-6-13)12(21)23-11(20)22-9-1-3-10(4-2-9)25-14(17,18)19;1-2(3)4/h1-4H,5-8H2,(H4,20,21,22,23);1H3,(H,3,4). The second kappa shape index (κ2) is 9.89. The number of halogens is 5. The van der Waals surface area contributed by atoms with E-state index in [2.05, 4.69) is 15.4 Å². The summed E-state index contributed by atoms with van der Waals surface area (Å²) in [4.78, 5) is 10.4. The summed E-state index contributed by atoms with van der Waals surface area (Å²) in [5, 5.41) is 27.8. The summed E-state index contributed by atoms with van der Waals surface area (Å²) in [6.07, 6.45) is -5.51. The number of guanidine groups is 2. The van der Waals surface area contributed by atoms with Crippen molar-refractivity contribution < 1.29 is 36.6 Å². The van der Waals surface area contributed by atoms with Gasteiger partial charge < -0.3 is 20.1 Å². The molecule has 0 unspecified atom stereocenters. The van der Waals surface area contributed by atoms with Crippen LogP contribution < -0.4 is 15.4 Å². The molecular formula is C16H20F5N5O3. The Balaban J connectivity index is 0.000000960. The van der Waals surface area contributed by atoms with Crippen LogP contribution in [-0.2, 0) is 4.79 Å². The average Bonchev–Trinajstić information content (AvgIpc) is 2.54. The zero-order valence-electron chi connectivity index (χ0n) is 15.2. The molecule has 1 saturated heterocycles. The van der Waals surface area contributed by atoms with Crippen molar-refractivity contribution in [3.05, 3.63) is 24.3 Å². The number of nitrogens with zero attached hydrogens (tertiary/aromatic N) is 1. The highest BCUT2D eigenvalue weighted by atomic mass is 19.4. The normalized spacial score (nSPS) is 15.4. The second-order valence-corrected chi connectivity index (χ2v) is 5.91. The third-order valence-electron chi connectivity index (χ3n) is 3.41. The number of likely N-dealkylation sites (tertiary alicyclic amines) is 1. The van der Waals surface area contributed by atoms with Gasteiger partial charge in [0.25, 0.3) is 11.9 Å². The predicted octanol–water partition coefficient (Wildman–Crippen LogP) is 3.28. The Hall–Kier alpha value is -3.12. The third-order valence-corrected chi connectivity index (χ3v) is 3.41. The molecule has 1 aromatic rings. The highest BCUT2D eigenvalue weighted by Crippen LogP contribution is 2.27. The van der Waals surface area contributed by atoms with Crippen molar-refractivity contribution >= 4 is 23.6 Å². The van der Waals surface area contributed by atoms with E-state index in [1.54, 1.807) is 0 Å². The van der Waals surface area contributed by atoms with Gasteiger partial charge >= 0.3 is 6.36 Å². The van der Waals surface area contributed by atoms with Crippen LogP contribution in [0.1, 0.15) is 19.8 Å². The van der Waals surface area contributed by atoms with Crippen molar-refractivity contribution in [2.24, 2.45) is 0 Å². The molecule has 1 aliphatic rings. The van der Waals surface area contributed by atoms with Crippen LogP contribution in [0.5, 0.6) is 5.75 Å². The van der Waals surface area contributed by atoms with Gasteiger partial charge in [-0.05, 0) is 24.3 Å². The summed E-state index contributed by atoms with van der Waals surface area (Å²) in [6, 6.07) is 4.67. The molecule has 0 saturated carbocycles. The van der Waals surface area contributed by atoms with Crippen molar-refractivity contribution in [3.8, 4) is 5.75 Å². The summed E-state index contributed by atoms with van der Waals surface area (Å²) < 4.78 is 66.1. The maximum Gasteiger partial charge on any atom is 0.573 e. The summed E-state index contributed by atoms with van der Waals surface area (Å²) in [5.74, 6) is -4.49. The second-order valence-electron chi connectivity index (χ2n) is 5.91. The number of alkyl halides is 5. The number of carboxylic acids is 1. The van der Waals surface area contributed by atoms with Crippen molar-refractivity contribution in [2.45, 2.75) is 32.1 Å². The number of piperidine rings is 1. The Morgan fingerprint density at radius 3 is 2.10 bits per heavy atom. The van der Waals surface area contributed by atoms with Crippen LogP contribution in [0, 0.1) is 10.8 Å². The van der Waals surface area contributed by atoms with E-state index in [1.807, 2.05) is 0 Å². The van der Waals surface area contributed by atoms with Gasteiger partial charge in [-0.2, -0.15) is 0 Å². The molecule has 1 aromatic carbocycles. The first-order valence-corrected chi connectivity index (χ1v) is 8.17. The Kier molecular flexibility index (Phi) is 8.16. The van der Waals surface area contributed by atoms with Crippen LogP contribution in [0.25, 0.3) is 0 Å². The third kappa shape index (κ3) is 10.1. The molecule has 0 amide bonds. The van der Waals surface area contributed by atoms with E-state index in [-0.39, 0.29) is 37.9 Å². The number of hydrogen-bond donors (Lipinski definition) is 5. The average molecular weight is 425 g/mol. The molecule has 0 radical (unpaired) electrons. The number of benzene rings is 1. The Morgan fingerprint density at radius 1 is 1.17 bits per heavy atom. The van der Waals surface area contributed by atoms with Crippen molar-refractivity contribution in [2.75, 3.05) is 18.4 Å². The van der Waals surface area contributed by atoms with Gasteiger partial charge in [-0.25, -0.2) is 8.78 Å². The van der Waals surface area contributed by atoms with Crippen LogP contribution in [0.2, 0.25) is 0 Å². The molecule has 8 nitrogen and oxygen atoms in total. The molecule has 29 heavy (non-hydrogen) atoms. The Bertz CT molecular complexity index is 711. The molecule has 1 aliphatic heterocycles. The molecule has 162 valence electrons. The molecule has 0 atom stereocenters. The van der Waals surface area contributed by atoms with E-state index in [0.717, 1.165) is 19.1 Å². The van der Waals surface area contributed by atoms with Gasteiger partial charge in [0.15, 0.2) is 11.9 Å². The molecule has 0 bridgehead atoms. The lowest BCUT2D eigenvalue weighted by molar-refractivity contribution is -0.274. The summed E-state index contributed by atoms with van der Waals surface area (Å²) in [7, 11) is 0. The van der Waals surface area contributed by atoms with Crippen molar-refractivity contribution in [1.29, 1.82) is 10.8 Å². The number of ether oxygens (including phenoxy) is 1. The van der Waals surface area contributed by atoms with Crippen molar-refractivity contribution in [1.82, 2.24) is 10.2 Å².